The van der Waals surface area contributed by atoms with Gasteiger partial charge in [-0.05, 0) is 13.3 Å². The van der Waals surface area contributed by atoms with E-state index < -0.39 is 0 Å². The van der Waals surface area contributed by atoms with Gasteiger partial charge in [-0.1, -0.05) is 6.92 Å². The van der Waals surface area contributed by atoms with Crippen LogP contribution in [0.3, 0.4) is 0 Å². The highest BCUT2D eigenvalue weighted by molar-refractivity contribution is 5.95. The molecule has 0 saturated heterocycles. The molecule has 5 nitrogen and oxygen atoms in total. The third-order valence-electron chi connectivity index (χ3n) is 2.39. The van der Waals surface area contributed by atoms with E-state index in [1.165, 1.54) is 0 Å². The summed E-state index contributed by atoms with van der Waals surface area (Å²) >= 11 is 0. The van der Waals surface area contributed by atoms with Crippen LogP contribution in [-0.4, -0.2) is 45.4 Å². The lowest BCUT2D eigenvalue weighted by Crippen LogP contribution is -2.34. The second kappa shape index (κ2) is 5.65. The van der Waals surface area contributed by atoms with Crippen molar-refractivity contribution in [3.8, 4) is 0 Å². The zero-order valence-corrected chi connectivity index (χ0v) is 10.1. The lowest BCUT2D eigenvalue weighted by atomic mass is 10.2. The molecule has 0 aromatic carbocycles. The van der Waals surface area contributed by atoms with Crippen molar-refractivity contribution >= 4 is 5.91 Å². The first-order valence-electron chi connectivity index (χ1n) is 5.50. The molecule has 0 saturated carbocycles. The monoisotopic (exact) mass is 225 g/mol. The molecule has 0 aliphatic carbocycles. The van der Waals surface area contributed by atoms with Crippen LogP contribution < -0.4 is 0 Å². The summed E-state index contributed by atoms with van der Waals surface area (Å²) in [5.74, 6) is -0.0542. The summed E-state index contributed by atoms with van der Waals surface area (Å²) in [4.78, 5) is 13.8. The van der Waals surface area contributed by atoms with Crippen molar-refractivity contribution in [3.05, 3.63) is 17.5 Å². The molecular formula is C11H19N3O2. The third kappa shape index (κ3) is 2.82. The molecule has 1 heterocycles. The van der Waals surface area contributed by atoms with Gasteiger partial charge < -0.3 is 10.0 Å². The van der Waals surface area contributed by atoms with Crippen LogP contribution in [0.1, 0.15) is 29.4 Å². The lowest BCUT2D eigenvalue weighted by molar-refractivity contribution is 0.0721. The van der Waals surface area contributed by atoms with Crippen LogP contribution in [0.25, 0.3) is 0 Å². The van der Waals surface area contributed by atoms with Crippen LogP contribution in [0, 0.1) is 6.92 Å². The third-order valence-corrected chi connectivity index (χ3v) is 2.39. The molecular weight excluding hydrogens is 206 g/mol. The Morgan fingerprint density at radius 1 is 1.56 bits per heavy atom. The number of rotatable bonds is 5. The van der Waals surface area contributed by atoms with E-state index in [1.54, 1.807) is 22.8 Å². The van der Waals surface area contributed by atoms with Crippen molar-refractivity contribution in [2.75, 3.05) is 19.7 Å². The molecule has 5 heteroatoms. The number of nitrogens with zero attached hydrogens (tertiary/aromatic N) is 3. The van der Waals surface area contributed by atoms with Crippen molar-refractivity contribution < 1.29 is 9.90 Å². The van der Waals surface area contributed by atoms with Gasteiger partial charge in [0.25, 0.3) is 5.91 Å². The first-order chi connectivity index (χ1) is 7.60. The summed E-state index contributed by atoms with van der Waals surface area (Å²) in [5, 5.41) is 13.1. The van der Waals surface area contributed by atoms with Gasteiger partial charge >= 0.3 is 0 Å². The molecule has 1 aromatic rings. The minimum absolute atomic E-state index is 0.00888. The van der Waals surface area contributed by atoms with E-state index in [0.29, 0.717) is 18.7 Å². The highest BCUT2D eigenvalue weighted by atomic mass is 16.3. The molecule has 90 valence electrons. The molecule has 1 aromatic heterocycles. The topological polar surface area (TPSA) is 58.4 Å². The van der Waals surface area contributed by atoms with E-state index in [0.717, 1.165) is 12.1 Å². The minimum Gasteiger partial charge on any atom is -0.395 e. The van der Waals surface area contributed by atoms with Crippen molar-refractivity contribution in [3.63, 3.8) is 0 Å². The Labute approximate surface area is 95.7 Å². The van der Waals surface area contributed by atoms with Gasteiger partial charge in [0.05, 0.1) is 17.9 Å². The summed E-state index contributed by atoms with van der Waals surface area (Å²) in [6.07, 6.45) is 2.60. The van der Waals surface area contributed by atoms with Crippen molar-refractivity contribution in [2.45, 2.75) is 20.3 Å². The molecule has 16 heavy (non-hydrogen) atoms. The van der Waals surface area contributed by atoms with Crippen molar-refractivity contribution in [1.29, 1.82) is 0 Å². The average Bonchev–Trinajstić information content (AvgIpc) is 2.56. The van der Waals surface area contributed by atoms with Crippen molar-refractivity contribution in [1.82, 2.24) is 14.7 Å². The SMILES string of the molecule is CCCN(CCO)C(=O)c1cn(C)nc1C. The highest BCUT2D eigenvalue weighted by Crippen LogP contribution is 2.09. The van der Waals surface area contributed by atoms with E-state index in [-0.39, 0.29) is 12.5 Å². The molecule has 1 rings (SSSR count). The fraction of sp³-hybridized carbons (Fsp3) is 0.636. The Morgan fingerprint density at radius 3 is 2.69 bits per heavy atom. The van der Waals surface area contributed by atoms with Crippen LogP contribution in [-0.2, 0) is 7.05 Å². The quantitative estimate of drug-likeness (QED) is 0.797. The fourth-order valence-corrected chi connectivity index (χ4v) is 1.69. The molecule has 0 unspecified atom stereocenters. The van der Waals surface area contributed by atoms with Crippen LogP contribution in [0.15, 0.2) is 6.20 Å². The Bertz CT molecular complexity index is 354. The number of amides is 1. The Morgan fingerprint density at radius 2 is 2.25 bits per heavy atom. The van der Waals surface area contributed by atoms with Gasteiger partial charge in [-0.15, -0.1) is 0 Å². The Hall–Kier alpha value is -1.36. The largest absolute Gasteiger partial charge is 0.395 e. The van der Waals surface area contributed by atoms with Gasteiger partial charge in [0.1, 0.15) is 0 Å². The summed E-state index contributed by atoms with van der Waals surface area (Å²) < 4.78 is 1.63. The van der Waals surface area contributed by atoms with Gasteiger partial charge in [0.2, 0.25) is 0 Å². The van der Waals surface area contributed by atoms with E-state index >= 15 is 0 Å². The molecule has 0 radical (unpaired) electrons. The standard InChI is InChI=1S/C11H19N3O2/c1-4-5-14(6-7-15)11(16)10-8-13(3)12-9(10)2/h8,15H,4-7H2,1-3H3. The van der Waals surface area contributed by atoms with Gasteiger partial charge in [0.15, 0.2) is 0 Å². The predicted molar refractivity (Wildman–Crippen MR) is 61.2 cm³/mol. The zero-order chi connectivity index (χ0) is 12.1. The van der Waals surface area contributed by atoms with E-state index in [4.69, 9.17) is 5.11 Å². The number of carbonyl (C=O) groups is 1. The first-order valence-corrected chi connectivity index (χ1v) is 5.50. The normalized spacial score (nSPS) is 10.5. The summed E-state index contributed by atoms with van der Waals surface area (Å²) in [7, 11) is 1.79. The molecule has 0 bridgehead atoms. The number of aromatic nitrogens is 2. The number of aryl methyl sites for hydroxylation is 2. The molecule has 0 atom stereocenters. The van der Waals surface area contributed by atoms with Gasteiger partial charge in [-0.2, -0.15) is 5.10 Å². The predicted octanol–water partition coefficient (Wildman–Crippen LogP) is 0.573. The maximum absolute atomic E-state index is 12.1. The van der Waals surface area contributed by atoms with Crippen molar-refractivity contribution in [2.24, 2.45) is 7.05 Å². The maximum atomic E-state index is 12.1. The molecule has 0 aliphatic rings. The second-order valence-corrected chi connectivity index (χ2v) is 3.82. The molecule has 1 amide bonds. The fourth-order valence-electron chi connectivity index (χ4n) is 1.69. The number of aliphatic hydroxyl groups is 1. The highest BCUT2D eigenvalue weighted by Gasteiger charge is 2.18. The van der Waals surface area contributed by atoms with Crippen LogP contribution in [0.5, 0.6) is 0 Å². The van der Waals surface area contributed by atoms with Crippen LogP contribution >= 0.6 is 0 Å². The number of aliphatic hydroxyl groups excluding tert-OH is 1. The summed E-state index contributed by atoms with van der Waals surface area (Å²) in [5.41, 5.74) is 1.34. The smallest absolute Gasteiger partial charge is 0.257 e. The summed E-state index contributed by atoms with van der Waals surface area (Å²) in [6, 6.07) is 0. The van der Waals surface area contributed by atoms with E-state index in [9.17, 15) is 4.79 Å². The van der Waals surface area contributed by atoms with Gasteiger partial charge in [0, 0.05) is 26.3 Å². The molecule has 0 fully saturated rings. The Balaban J connectivity index is 2.85. The zero-order valence-electron chi connectivity index (χ0n) is 10.1. The van der Waals surface area contributed by atoms with Crippen LogP contribution in [0.4, 0.5) is 0 Å². The Kier molecular flexibility index (Phi) is 4.49. The maximum Gasteiger partial charge on any atom is 0.257 e. The number of hydrogen-bond donors (Lipinski definition) is 1. The van der Waals surface area contributed by atoms with E-state index in [1.807, 2.05) is 13.8 Å². The van der Waals surface area contributed by atoms with Crippen LogP contribution in [0.2, 0.25) is 0 Å². The van der Waals surface area contributed by atoms with Gasteiger partial charge in [-0.3, -0.25) is 9.48 Å². The van der Waals surface area contributed by atoms with E-state index in [2.05, 4.69) is 5.10 Å². The number of carbonyl (C=O) groups excluding carboxylic acids is 1. The minimum atomic E-state index is -0.0542. The average molecular weight is 225 g/mol. The molecule has 0 spiro atoms. The number of hydrogen-bond acceptors (Lipinski definition) is 3. The lowest BCUT2D eigenvalue weighted by Gasteiger charge is -2.20. The first kappa shape index (κ1) is 12.7. The second-order valence-electron chi connectivity index (χ2n) is 3.82. The molecule has 1 N–H and O–H groups in total. The molecule has 0 aliphatic heterocycles. The van der Waals surface area contributed by atoms with Gasteiger partial charge in [-0.25, -0.2) is 0 Å². The summed E-state index contributed by atoms with van der Waals surface area (Å²) in [6.45, 7) is 4.85.